The molecule has 6 heteroatoms. The van der Waals surface area contributed by atoms with Gasteiger partial charge in [-0.2, -0.15) is 5.10 Å². The summed E-state index contributed by atoms with van der Waals surface area (Å²) in [6, 6.07) is 11.5. The maximum atomic E-state index is 12.3. The van der Waals surface area contributed by atoms with Crippen LogP contribution in [0.1, 0.15) is 11.3 Å². The second-order valence-electron chi connectivity index (χ2n) is 5.47. The van der Waals surface area contributed by atoms with Gasteiger partial charge in [0.25, 0.3) is 0 Å². The van der Waals surface area contributed by atoms with Crippen molar-refractivity contribution in [3.63, 3.8) is 0 Å². The number of benzene rings is 1. The van der Waals surface area contributed by atoms with E-state index in [9.17, 15) is 9.90 Å². The highest BCUT2D eigenvalue weighted by Gasteiger charge is 2.26. The molecule has 1 atom stereocenters. The molecule has 0 fully saturated rings. The molecule has 0 spiro atoms. The van der Waals surface area contributed by atoms with Gasteiger partial charge in [0.1, 0.15) is 6.61 Å². The highest BCUT2D eigenvalue weighted by molar-refractivity contribution is 5.67. The Morgan fingerprint density at radius 2 is 2.09 bits per heavy atom. The van der Waals surface area contributed by atoms with Gasteiger partial charge in [0, 0.05) is 31.8 Å². The topological polar surface area (TPSA) is 67.6 Å². The summed E-state index contributed by atoms with van der Waals surface area (Å²) < 4.78 is 7.22. The molecule has 1 aromatic heterocycles. The maximum absolute atomic E-state index is 12.3. The predicted octanol–water partition coefficient (Wildman–Crippen LogP) is 1.64. The molecule has 2 heterocycles. The van der Waals surface area contributed by atoms with Gasteiger partial charge in [0.15, 0.2) is 0 Å². The molecule has 0 saturated heterocycles. The van der Waals surface area contributed by atoms with Gasteiger partial charge < -0.3 is 14.7 Å². The SMILES string of the molecule is O=C(OCc1ccccc1)N1Cc2ccnn2CC(CO)C1. The number of hydrogen-bond donors (Lipinski definition) is 1. The molecule has 2 aromatic rings. The van der Waals surface area contributed by atoms with Crippen LogP contribution in [0.5, 0.6) is 0 Å². The fourth-order valence-corrected chi connectivity index (χ4v) is 2.60. The van der Waals surface area contributed by atoms with Crippen LogP contribution >= 0.6 is 0 Å². The van der Waals surface area contributed by atoms with Gasteiger partial charge in [0.05, 0.1) is 12.2 Å². The number of rotatable bonds is 3. The quantitative estimate of drug-likeness (QED) is 0.936. The van der Waals surface area contributed by atoms with E-state index in [-0.39, 0.29) is 25.2 Å². The summed E-state index contributed by atoms with van der Waals surface area (Å²) in [7, 11) is 0. The molecule has 3 rings (SSSR count). The van der Waals surface area contributed by atoms with Crippen molar-refractivity contribution >= 4 is 6.09 Å². The lowest BCUT2D eigenvalue weighted by Crippen LogP contribution is -2.35. The normalized spacial score (nSPS) is 17.7. The lowest BCUT2D eigenvalue weighted by atomic mass is 10.1. The van der Waals surface area contributed by atoms with Gasteiger partial charge in [-0.15, -0.1) is 0 Å². The van der Waals surface area contributed by atoms with Gasteiger partial charge in [-0.05, 0) is 11.6 Å². The summed E-state index contributed by atoms with van der Waals surface area (Å²) in [5.74, 6) is -0.0366. The highest BCUT2D eigenvalue weighted by Crippen LogP contribution is 2.16. The van der Waals surface area contributed by atoms with Crippen molar-refractivity contribution in [3.8, 4) is 0 Å². The van der Waals surface area contributed by atoms with Crippen LogP contribution in [0.2, 0.25) is 0 Å². The summed E-state index contributed by atoms with van der Waals surface area (Å²) in [6.45, 7) is 1.79. The fourth-order valence-electron chi connectivity index (χ4n) is 2.60. The Morgan fingerprint density at radius 3 is 2.86 bits per heavy atom. The van der Waals surface area contributed by atoms with Crippen LogP contribution in [0, 0.1) is 5.92 Å². The zero-order valence-electron chi connectivity index (χ0n) is 12.3. The molecule has 6 nitrogen and oxygen atoms in total. The minimum Gasteiger partial charge on any atom is -0.445 e. The first-order valence-corrected chi connectivity index (χ1v) is 7.33. The Morgan fingerprint density at radius 1 is 1.27 bits per heavy atom. The fraction of sp³-hybridized carbons (Fsp3) is 0.375. The first-order chi connectivity index (χ1) is 10.8. The van der Waals surface area contributed by atoms with Crippen molar-refractivity contribution in [3.05, 3.63) is 53.9 Å². The summed E-state index contributed by atoms with van der Waals surface area (Å²) in [5, 5.41) is 13.7. The molecule has 0 radical (unpaired) electrons. The average molecular weight is 301 g/mol. The van der Waals surface area contributed by atoms with Gasteiger partial charge >= 0.3 is 6.09 Å². The van der Waals surface area contributed by atoms with E-state index < -0.39 is 0 Å². The molecule has 116 valence electrons. The number of amides is 1. The molecule has 1 N–H and O–H groups in total. The number of aliphatic hydroxyl groups excluding tert-OH is 1. The van der Waals surface area contributed by atoms with Crippen LogP contribution < -0.4 is 0 Å². The summed E-state index contributed by atoms with van der Waals surface area (Å²) >= 11 is 0. The molecule has 0 aliphatic carbocycles. The van der Waals surface area contributed by atoms with Gasteiger partial charge in [-0.1, -0.05) is 30.3 Å². The van der Waals surface area contributed by atoms with Crippen molar-refractivity contribution in [1.82, 2.24) is 14.7 Å². The lowest BCUT2D eigenvalue weighted by molar-refractivity contribution is 0.0828. The van der Waals surface area contributed by atoms with E-state index in [1.807, 2.05) is 41.1 Å². The Kier molecular flexibility index (Phi) is 4.39. The third kappa shape index (κ3) is 3.28. The predicted molar refractivity (Wildman–Crippen MR) is 79.8 cm³/mol. The van der Waals surface area contributed by atoms with Crippen LogP contribution in [0.4, 0.5) is 4.79 Å². The van der Waals surface area contributed by atoms with Crippen molar-refractivity contribution in [2.45, 2.75) is 19.7 Å². The van der Waals surface area contributed by atoms with Crippen molar-refractivity contribution < 1.29 is 14.6 Å². The molecular weight excluding hydrogens is 282 g/mol. The van der Waals surface area contributed by atoms with Crippen molar-refractivity contribution in [1.29, 1.82) is 0 Å². The van der Waals surface area contributed by atoms with Crippen LogP contribution in [0.25, 0.3) is 0 Å². The number of aromatic nitrogens is 2. The van der Waals surface area contributed by atoms with E-state index in [2.05, 4.69) is 5.10 Å². The standard InChI is InChI=1S/C16H19N3O3/c20-11-14-8-18(10-15-6-7-17-19(15)9-14)16(21)22-12-13-4-2-1-3-5-13/h1-7,14,20H,8-12H2. The van der Waals surface area contributed by atoms with E-state index in [1.165, 1.54) is 0 Å². The largest absolute Gasteiger partial charge is 0.445 e. The summed E-state index contributed by atoms with van der Waals surface area (Å²) in [6.07, 6.45) is 1.35. The number of nitrogens with zero attached hydrogens (tertiary/aromatic N) is 3. The Hall–Kier alpha value is -2.34. The van der Waals surface area contributed by atoms with Crippen LogP contribution in [0.3, 0.4) is 0 Å². The minimum atomic E-state index is -0.364. The molecular formula is C16H19N3O3. The number of aliphatic hydroxyl groups is 1. The first-order valence-electron chi connectivity index (χ1n) is 7.33. The highest BCUT2D eigenvalue weighted by atomic mass is 16.6. The lowest BCUT2D eigenvalue weighted by Gasteiger charge is -2.22. The number of carbonyl (C=O) groups excluding carboxylic acids is 1. The van der Waals surface area contributed by atoms with Gasteiger partial charge in [-0.25, -0.2) is 4.79 Å². The van der Waals surface area contributed by atoms with Crippen LogP contribution in [0.15, 0.2) is 42.6 Å². The Labute approximate surface area is 128 Å². The third-order valence-electron chi connectivity index (χ3n) is 3.79. The average Bonchev–Trinajstić information content (AvgIpc) is 2.91. The van der Waals surface area contributed by atoms with E-state index >= 15 is 0 Å². The molecule has 1 aliphatic heterocycles. The summed E-state index contributed by atoms with van der Waals surface area (Å²) in [4.78, 5) is 13.9. The molecule has 1 aromatic carbocycles. The number of ether oxygens (including phenoxy) is 1. The zero-order valence-corrected chi connectivity index (χ0v) is 12.3. The molecule has 1 unspecified atom stereocenters. The van der Waals surface area contributed by atoms with Crippen molar-refractivity contribution in [2.75, 3.05) is 13.2 Å². The third-order valence-corrected chi connectivity index (χ3v) is 3.79. The molecule has 0 bridgehead atoms. The van der Waals surface area contributed by atoms with Crippen LogP contribution in [-0.4, -0.2) is 39.0 Å². The zero-order chi connectivity index (χ0) is 15.4. The molecule has 1 amide bonds. The monoisotopic (exact) mass is 301 g/mol. The number of hydrogen-bond acceptors (Lipinski definition) is 4. The van der Waals surface area contributed by atoms with E-state index in [0.29, 0.717) is 19.6 Å². The molecule has 1 aliphatic rings. The van der Waals surface area contributed by atoms with E-state index in [0.717, 1.165) is 11.3 Å². The second-order valence-corrected chi connectivity index (χ2v) is 5.47. The Balaban J connectivity index is 1.66. The van der Waals surface area contributed by atoms with E-state index in [1.54, 1.807) is 11.1 Å². The summed E-state index contributed by atoms with van der Waals surface area (Å²) in [5.41, 5.74) is 1.90. The van der Waals surface area contributed by atoms with Gasteiger partial charge in [0.2, 0.25) is 0 Å². The number of fused-ring (bicyclic) bond motifs is 1. The van der Waals surface area contributed by atoms with E-state index in [4.69, 9.17) is 4.74 Å². The maximum Gasteiger partial charge on any atom is 0.410 e. The smallest absolute Gasteiger partial charge is 0.410 e. The minimum absolute atomic E-state index is 0.0156. The first kappa shape index (κ1) is 14.6. The van der Waals surface area contributed by atoms with Crippen LogP contribution in [-0.2, 0) is 24.4 Å². The number of carbonyl (C=O) groups is 1. The second kappa shape index (κ2) is 6.62. The molecule has 22 heavy (non-hydrogen) atoms. The molecule has 0 saturated carbocycles. The Bertz CT molecular complexity index is 627. The van der Waals surface area contributed by atoms with Gasteiger partial charge in [-0.3, -0.25) is 4.68 Å². The van der Waals surface area contributed by atoms with Crippen molar-refractivity contribution in [2.24, 2.45) is 5.92 Å².